The van der Waals surface area contributed by atoms with E-state index in [0.29, 0.717) is 13.1 Å². The minimum atomic E-state index is -0.0575. The van der Waals surface area contributed by atoms with Crippen molar-refractivity contribution in [3.63, 3.8) is 0 Å². The summed E-state index contributed by atoms with van der Waals surface area (Å²) in [5.41, 5.74) is 4.87. The van der Waals surface area contributed by atoms with E-state index in [-0.39, 0.29) is 11.8 Å². The first-order chi connectivity index (χ1) is 15.7. The molecule has 2 amide bonds. The van der Waals surface area contributed by atoms with E-state index >= 15 is 0 Å². The molecule has 0 aromatic heterocycles. The molecule has 5 heteroatoms. The fraction of sp³-hybridized carbons (Fsp3) is 0.259. The highest BCUT2D eigenvalue weighted by atomic mass is 16.2. The van der Waals surface area contributed by atoms with E-state index in [4.69, 9.17) is 0 Å². The molecule has 4 rings (SSSR count). The van der Waals surface area contributed by atoms with Crippen molar-refractivity contribution in [1.29, 1.82) is 0 Å². The first-order valence-corrected chi connectivity index (χ1v) is 11.1. The van der Waals surface area contributed by atoms with Crippen molar-refractivity contribution in [2.75, 3.05) is 38.1 Å². The third-order valence-electron chi connectivity index (χ3n) is 6.04. The standard InChI is InChI=1S/C27H29N3O2/c1-28-26(31)25-15-14-24(20-23(25)13-12-21-8-4-2-5-9-21)29-16-18-30(19-17-29)27(32)22-10-6-3-7-11-22/h2-11,14-15,20H,12-13,16-19H2,1H3,(H,28,31). The van der Waals surface area contributed by atoms with Crippen molar-refractivity contribution >= 4 is 17.5 Å². The number of piperazine rings is 1. The maximum absolute atomic E-state index is 12.7. The molecule has 0 spiro atoms. The minimum absolute atomic E-state index is 0.0575. The second-order valence-electron chi connectivity index (χ2n) is 8.05. The normalized spacial score (nSPS) is 13.7. The van der Waals surface area contributed by atoms with Crippen molar-refractivity contribution in [3.8, 4) is 0 Å². The molecule has 164 valence electrons. The number of aryl methyl sites for hydroxylation is 2. The van der Waals surface area contributed by atoms with E-state index in [1.54, 1.807) is 7.05 Å². The average molecular weight is 428 g/mol. The summed E-state index contributed by atoms with van der Waals surface area (Å²) in [5, 5.41) is 2.76. The minimum Gasteiger partial charge on any atom is -0.368 e. The first kappa shape index (κ1) is 21.6. The third kappa shape index (κ3) is 4.99. The van der Waals surface area contributed by atoms with Gasteiger partial charge in [-0.3, -0.25) is 9.59 Å². The monoisotopic (exact) mass is 427 g/mol. The molecule has 1 aliphatic heterocycles. The van der Waals surface area contributed by atoms with E-state index < -0.39 is 0 Å². The maximum Gasteiger partial charge on any atom is 0.253 e. The molecule has 5 nitrogen and oxygen atoms in total. The summed E-state index contributed by atoms with van der Waals surface area (Å²) in [6.07, 6.45) is 1.68. The van der Waals surface area contributed by atoms with Gasteiger partial charge in [-0.25, -0.2) is 0 Å². The summed E-state index contributed by atoms with van der Waals surface area (Å²) in [5.74, 6) is 0.0293. The lowest BCUT2D eigenvalue weighted by Gasteiger charge is -2.36. The Hall–Kier alpha value is -3.60. The second kappa shape index (κ2) is 10.1. The highest BCUT2D eigenvalue weighted by Crippen LogP contribution is 2.23. The van der Waals surface area contributed by atoms with Crippen molar-refractivity contribution in [1.82, 2.24) is 10.2 Å². The molecule has 0 bridgehead atoms. The van der Waals surface area contributed by atoms with Gasteiger partial charge in [0.25, 0.3) is 11.8 Å². The number of benzene rings is 3. The van der Waals surface area contributed by atoms with Gasteiger partial charge in [-0.2, -0.15) is 0 Å². The number of hydrogen-bond acceptors (Lipinski definition) is 3. The zero-order valence-corrected chi connectivity index (χ0v) is 18.5. The van der Waals surface area contributed by atoms with Gasteiger partial charge in [0.1, 0.15) is 0 Å². The van der Waals surface area contributed by atoms with Crippen molar-refractivity contribution in [3.05, 3.63) is 101 Å². The molecule has 0 radical (unpaired) electrons. The Balaban J connectivity index is 1.46. The summed E-state index contributed by atoms with van der Waals surface area (Å²) in [6.45, 7) is 2.92. The van der Waals surface area contributed by atoms with Crippen LogP contribution in [0, 0.1) is 0 Å². The van der Waals surface area contributed by atoms with Gasteiger partial charge in [-0.15, -0.1) is 0 Å². The highest BCUT2D eigenvalue weighted by molar-refractivity contribution is 5.96. The predicted molar refractivity (Wildman–Crippen MR) is 128 cm³/mol. The van der Waals surface area contributed by atoms with Gasteiger partial charge in [0.05, 0.1) is 0 Å². The van der Waals surface area contributed by atoms with Crippen LogP contribution in [0.15, 0.2) is 78.9 Å². The van der Waals surface area contributed by atoms with Crippen molar-refractivity contribution in [2.45, 2.75) is 12.8 Å². The van der Waals surface area contributed by atoms with Gasteiger partial charge >= 0.3 is 0 Å². The summed E-state index contributed by atoms with van der Waals surface area (Å²) in [4.78, 5) is 29.4. The van der Waals surface area contributed by atoms with Crippen LogP contribution in [-0.2, 0) is 12.8 Å². The largest absolute Gasteiger partial charge is 0.368 e. The molecule has 1 saturated heterocycles. The van der Waals surface area contributed by atoms with E-state index in [0.717, 1.165) is 48.3 Å². The van der Waals surface area contributed by atoms with Gasteiger partial charge in [-0.1, -0.05) is 48.5 Å². The van der Waals surface area contributed by atoms with Crippen LogP contribution in [0.5, 0.6) is 0 Å². The van der Waals surface area contributed by atoms with E-state index in [1.807, 2.05) is 65.6 Å². The predicted octanol–water partition coefficient (Wildman–Crippen LogP) is 3.79. The summed E-state index contributed by atoms with van der Waals surface area (Å²) in [6, 6.07) is 25.9. The molecule has 0 aliphatic carbocycles. The molecular formula is C27H29N3O2. The lowest BCUT2D eigenvalue weighted by molar-refractivity contribution is 0.0746. The summed E-state index contributed by atoms with van der Waals surface area (Å²) >= 11 is 0. The van der Waals surface area contributed by atoms with Crippen LogP contribution in [-0.4, -0.2) is 49.9 Å². The Kier molecular flexibility index (Phi) is 6.85. The van der Waals surface area contributed by atoms with Gasteiger partial charge in [0.15, 0.2) is 0 Å². The summed E-state index contributed by atoms with van der Waals surface area (Å²) in [7, 11) is 1.67. The lowest BCUT2D eigenvalue weighted by atomic mass is 9.98. The molecule has 0 saturated carbocycles. The van der Waals surface area contributed by atoms with Crippen molar-refractivity contribution < 1.29 is 9.59 Å². The number of carbonyl (C=O) groups is 2. The van der Waals surface area contributed by atoms with Crippen molar-refractivity contribution in [2.24, 2.45) is 0 Å². The number of carbonyl (C=O) groups excluding carboxylic acids is 2. The Morgan fingerprint density at radius 2 is 1.47 bits per heavy atom. The second-order valence-corrected chi connectivity index (χ2v) is 8.05. The molecule has 3 aromatic rings. The van der Waals surface area contributed by atoms with Crippen LogP contribution in [0.4, 0.5) is 5.69 Å². The fourth-order valence-corrected chi connectivity index (χ4v) is 4.19. The van der Waals surface area contributed by atoms with Crippen LogP contribution in [0.2, 0.25) is 0 Å². The van der Waals surface area contributed by atoms with Crippen LogP contribution in [0.25, 0.3) is 0 Å². The molecule has 1 heterocycles. The molecule has 1 fully saturated rings. The number of rotatable bonds is 6. The third-order valence-corrected chi connectivity index (χ3v) is 6.04. The Labute approximate surface area is 189 Å². The number of anilines is 1. The molecule has 0 atom stereocenters. The van der Waals surface area contributed by atoms with Crippen LogP contribution in [0.3, 0.4) is 0 Å². The number of hydrogen-bond donors (Lipinski definition) is 1. The molecule has 1 aliphatic rings. The SMILES string of the molecule is CNC(=O)c1ccc(N2CCN(C(=O)c3ccccc3)CC2)cc1CCc1ccccc1. The zero-order chi connectivity index (χ0) is 22.3. The first-order valence-electron chi connectivity index (χ1n) is 11.1. The van der Waals surface area contributed by atoms with Crippen LogP contribution in [0.1, 0.15) is 31.8 Å². The van der Waals surface area contributed by atoms with Crippen LogP contribution < -0.4 is 10.2 Å². The molecule has 0 unspecified atom stereocenters. The fourth-order valence-electron chi connectivity index (χ4n) is 4.19. The molecule has 1 N–H and O–H groups in total. The highest BCUT2D eigenvalue weighted by Gasteiger charge is 2.23. The Bertz CT molecular complexity index is 1060. The van der Waals surface area contributed by atoms with Gasteiger partial charge < -0.3 is 15.1 Å². The van der Waals surface area contributed by atoms with E-state index in [9.17, 15) is 9.59 Å². The molecular weight excluding hydrogens is 398 g/mol. The number of nitrogens with zero attached hydrogens (tertiary/aromatic N) is 2. The smallest absolute Gasteiger partial charge is 0.253 e. The average Bonchev–Trinajstić information content (AvgIpc) is 2.87. The number of nitrogens with one attached hydrogen (secondary N) is 1. The van der Waals surface area contributed by atoms with Gasteiger partial charge in [-0.05, 0) is 54.3 Å². The summed E-state index contributed by atoms with van der Waals surface area (Å²) < 4.78 is 0. The lowest BCUT2D eigenvalue weighted by Crippen LogP contribution is -2.48. The van der Waals surface area contributed by atoms with E-state index in [2.05, 4.69) is 28.4 Å². The van der Waals surface area contributed by atoms with Gasteiger partial charge in [0.2, 0.25) is 0 Å². The quantitative estimate of drug-likeness (QED) is 0.651. The van der Waals surface area contributed by atoms with Gasteiger partial charge in [0, 0.05) is 50.0 Å². The molecule has 3 aromatic carbocycles. The zero-order valence-electron chi connectivity index (χ0n) is 18.5. The van der Waals surface area contributed by atoms with Crippen LogP contribution >= 0.6 is 0 Å². The molecule has 32 heavy (non-hydrogen) atoms. The van der Waals surface area contributed by atoms with E-state index in [1.165, 1.54) is 5.56 Å². The number of amides is 2. The maximum atomic E-state index is 12.7. The Morgan fingerprint density at radius 3 is 2.12 bits per heavy atom. The Morgan fingerprint density at radius 1 is 0.812 bits per heavy atom. The topological polar surface area (TPSA) is 52.7 Å².